The van der Waals surface area contributed by atoms with E-state index in [9.17, 15) is 4.79 Å². The molecule has 0 heterocycles. The van der Waals surface area contributed by atoms with Crippen LogP contribution in [0.15, 0.2) is 47.4 Å². The van der Waals surface area contributed by atoms with Gasteiger partial charge in [0.2, 0.25) is 5.91 Å². The Labute approximate surface area is 129 Å². The fourth-order valence-corrected chi connectivity index (χ4v) is 2.66. The number of amides is 1. The highest BCUT2D eigenvalue weighted by Gasteiger charge is 2.07. The van der Waals surface area contributed by atoms with E-state index in [2.05, 4.69) is 5.32 Å². The van der Waals surface area contributed by atoms with E-state index in [1.807, 2.05) is 56.3 Å². The quantitative estimate of drug-likeness (QED) is 0.847. The molecule has 0 fully saturated rings. The van der Waals surface area contributed by atoms with Crippen molar-refractivity contribution in [1.29, 1.82) is 0 Å². The van der Waals surface area contributed by atoms with Crippen LogP contribution in [-0.4, -0.2) is 18.8 Å². The SMILES string of the molecule is COc1cccc(SCC(=O)Nc2cccc(C)c2C)c1. The van der Waals surface area contributed by atoms with Gasteiger partial charge < -0.3 is 10.1 Å². The highest BCUT2D eigenvalue weighted by Crippen LogP contribution is 2.23. The Bertz CT molecular complexity index is 640. The number of thioether (sulfide) groups is 1. The largest absolute Gasteiger partial charge is 0.497 e. The molecule has 0 aliphatic carbocycles. The maximum atomic E-state index is 12.0. The maximum Gasteiger partial charge on any atom is 0.234 e. The first-order valence-electron chi connectivity index (χ1n) is 6.73. The molecule has 0 atom stereocenters. The Morgan fingerprint density at radius 3 is 2.71 bits per heavy atom. The van der Waals surface area contributed by atoms with Gasteiger partial charge in [0.1, 0.15) is 5.75 Å². The van der Waals surface area contributed by atoms with Gasteiger partial charge in [-0.15, -0.1) is 11.8 Å². The molecule has 2 aromatic rings. The third-order valence-corrected chi connectivity index (χ3v) is 4.28. The smallest absolute Gasteiger partial charge is 0.234 e. The normalized spacial score (nSPS) is 10.2. The van der Waals surface area contributed by atoms with Gasteiger partial charge in [-0.2, -0.15) is 0 Å². The Balaban J connectivity index is 1.94. The molecule has 2 aromatic carbocycles. The van der Waals surface area contributed by atoms with E-state index < -0.39 is 0 Å². The Morgan fingerprint density at radius 2 is 1.95 bits per heavy atom. The standard InChI is InChI=1S/C17H19NO2S/c1-12-6-4-9-16(13(12)2)18-17(19)11-21-15-8-5-7-14(10-15)20-3/h4-10H,11H2,1-3H3,(H,18,19). The van der Waals surface area contributed by atoms with Gasteiger partial charge in [0, 0.05) is 10.6 Å². The molecule has 1 N–H and O–H groups in total. The van der Waals surface area contributed by atoms with Gasteiger partial charge in [0.05, 0.1) is 12.9 Å². The molecule has 0 bridgehead atoms. The predicted octanol–water partition coefficient (Wildman–Crippen LogP) is 4.04. The van der Waals surface area contributed by atoms with Crippen LogP contribution in [0.3, 0.4) is 0 Å². The van der Waals surface area contributed by atoms with Crippen LogP contribution in [0.5, 0.6) is 5.75 Å². The van der Waals surface area contributed by atoms with Crippen LogP contribution in [0, 0.1) is 13.8 Å². The van der Waals surface area contributed by atoms with Crippen LogP contribution in [-0.2, 0) is 4.79 Å². The zero-order valence-electron chi connectivity index (χ0n) is 12.5. The van der Waals surface area contributed by atoms with Gasteiger partial charge in [-0.3, -0.25) is 4.79 Å². The third-order valence-electron chi connectivity index (χ3n) is 3.29. The van der Waals surface area contributed by atoms with Gasteiger partial charge in [-0.05, 0) is 49.2 Å². The molecular weight excluding hydrogens is 282 g/mol. The number of anilines is 1. The number of rotatable bonds is 5. The molecule has 110 valence electrons. The summed E-state index contributed by atoms with van der Waals surface area (Å²) >= 11 is 1.50. The molecule has 2 rings (SSSR count). The lowest BCUT2D eigenvalue weighted by molar-refractivity contribution is -0.113. The number of benzene rings is 2. The van der Waals surface area contributed by atoms with Crippen molar-refractivity contribution in [2.75, 3.05) is 18.2 Å². The van der Waals surface area contributed by atoms with Crippen molar-refractivity contribution in [3.8, 4) is 5.75 Å². The van der Waals surface area contributed by atoms with Gasteiger partial charge in [-0.25, -0.2) is 0 Å². The lowest BCUT2D eigenvalue weighted by Gasteiger charge is -2.10. The van der Waals surface area contributed by atoms with Crippen LogP contribution in [0.25, 0.3) is 0 Å². The second kappa shape index (κ2) is 7.18. The van der Waals surface area contributed by atoms with Crippen molar-refractivity contribution in [3.05, 3.63) is 53.6 Å². The highest BCUT2D eigenvalue weighted by molar-refractivity contribution is 8.00. The van der Waals surface area contributed by atoms with Gasteiger partial charge >= 0.3 is 0 Å². The molecule has 0 saturated heterocycles. The van der Waals surface area contributed by atoms with Gasteiger partial charge in [0.15, 0.2) is 0 Å². The molecule has 3 nitrogen and oxygen atoms in total. The van der Waals surface area contributed by atoms with Crippen LogP contribution >= 0.6 is 11.8 Å². The molecule has 0 unspecified atom stereocenters. The lowest BCUT2D eigenvalue weighted by Crippen LogP contribution is -2.15. The average molecular weight is 301 g/mol. The molecule has 0 spiro atoms. The van der Waals surface area contributed by atoms with E-state index in [4.69, 9.17) is 4.74 Å². The van der Waals surface area contributed by atoms with Crippen molar-refractivity contribution in [2.45, 2.75) is 18.7 Å². The van der Waals surface area contributed by atoms with Crippen molar-refractivity contribution < 1.29 is 9.53 Å². The summed E-state index contributed by atoms with van der Waals surface area (Å²) in [6.45, 7) is 4.05. The van der Waals surface area contributed by atoms with E-state index >= 15 is 0 Å². The minimum absolute atomic E-state index is 0.00322. The van der Waals surface area contributed by atoms with Gasteiger partial charge in [0.25, 0.3) is 0 Å². The summed E-state index contributed by atoms with van der Waals surface area (Å²) < 4.78 is 5.17. The second-order valence-electron chi connectivity index (χ2n) is 4.76. The number of ether oxygens (including phenoxy) is 1. The summed E-state index contributed by atoms with van der Waals surface area (Å²) in [7, 11) is 1.64. The monoisotopic (exact) mass is 301 g/mol. The maximum absolute atomic E-state index is 12.0. The van der Waals surface area contributed by atoms with Crippen LogP contribution in [0.2, 0.25) is 0 Å². The van der Waals surface area contributed by atoms with Crippen LogP contribution in [0.4, 0.5) is 5.69 Å². The lowest BCUT2D eigenvalue weighted by atomic mass is 10.1. The van der Waals surface area contributed by atoms with Crippen molar-refractivity contribution in [2.24, 2.45) is 0 Å². The van der Waals surface area contributed by atoms with E-state index in [-0.39, 0.29) is 5.91 Å². The molecule has 0 aromatic heterocycles. The molecule has 21 heavy (non-hydrogen) atoms. The van der Waals surface area contributed by atoms with E-state index in [0.29, 0.717) is 5.75 Å². The van der Waals surface area contributed by atoms with Crippen LogP contribution in [0.1, 0.15) is 11.1 Å². The van der Waals surface area contributed by atoms with Crippen molar-refractivity contribution >= 4 is 23.4 Å². The van der Waals surface area contributed by atoms with Crippen molar-refractivity contribution in [1.82, 2.24) is 0 Å². The second-order valence-corrected chi connectivity index (χ2v) is 5.81. The predicted molar refractivity (Wildman–Crippen MR) is 88.3 cm³/mol. The third kappa shape index (κ3) is 4.26. The number of carbonyl (C=O) groups is 1. The molecule has 1 amide bonds. The zero-order valence-corrected chi connectivity index (χ0v) is 13.3. The summed E-state index contributed by atoms with van der Waals surface area (Å²) in [6, 6.07) is 13.6. The summed E-state index contributed by atoms with van der Waals surface area (Å²) in [6.07, 6.45) is 0. The molecule has 0 aliphatic rings. The Hall–Kier alpha value is -1.94. The summed E-state index contributed by atoms with van der Waals surface area (Å²) in [4.78, 5) is 13.1. The first-order valence-corrected chi connectivity index (χ1v) is 7.71. The number of carbonyl (C=O) groups excluding carboxylic acids is 1. The van der Waals surface area contributed by atoms with Crippen LogP contribution < -0.4 is 10.1 Å². The number of aryl methyl sites for hydroxylation is 1. The van der Waals surface area contributed by atoms with E-state index in [0.717, 1.165) is 21.9 Å². The van der Waals surface area contributed by atoms with E-state index in [1.54, 1.807) is 7.11 Å². The highest BCUT2D eigenvalue weighted by atomic mass is 32.2. The fraction of sp³-hybridized carbons (Fsp3) is 0.235. The fourth-order valence-electron chi connectivity index (χ4n) is 1.91. The number of hydrogen-bond acceptors (Lipinski definition) is 3. The number of methoxy groups -OCH3 is 1. The summed E-state index contributed by atoms with van der Waals surface area (Å²) in [5.41, 5.74) is 3.16. The number of hydrogen-bond donors (Lipinski definition) is 1. The zero-order chi connectivity index (χ0) is 15.2. The molecule has 4 heteroatoms. The Morgan fingerprint density at radius 1 is 1.19 bits per heavy atom. The minimum atomic E-state index is -0.00322. The average Bonchev–Trinajstić information content (AvgIpc) is 2.50. The summed E-state index contributed by atoms with van der Waals surface area (Å²) in [5, 5.41) is 2.96. The number of nitrogens with one attached hydrogen (secondary N) is 1. The Kier molecular flexibility index (Phi) is 5.28. The molecule has 0 radical (unpaired) electrons. The first-order chi connectivity index (χ1) is 10.1. The topological polar surface area (TPSA) is 38.3 Å². The first kappa shape index (κ1) is 15.4. The molecular formula is C17H19NO2S. The van der Waals surface area contributed by atoms with Crippen molar-refractivity contribution in [3.63, 3.8) is 0 Å². The molecule has 0 saturated carbocycles. The van der Waals surface area contributed by atoms with E-state index in [1.165, 1.54) is 17.3 Å². The summed E-state index contributed by atoms with van der Waals surface area (Å²) in [5.74, 6) is 1.17. The minimum Gasteiger partial charge on any atom is -0.497 e. The molecule has 0 aliphatic heterocycles. The van der Waals surface area contributed by atoms with Gasteiger partial charge in [-0.1, -0.05) is 18.2 Å².